The van der Waals surface area contributed by atoms with E-state index in [2.05, 4.69) is 5.32 Å². The Morgan fingerprint density at radius 3 is 2.06 bits per heavy atom. The summed E-state index contributed by atoms with van der Waals surface area (Å²) in [5.74, 6) is -0.134. The summed E-state index contributed by atoms with van der Waals surface area (Å²) in [7, 11) is 0. The summed E-state index contributed by atoms with van der Waals surface area (Å²) in [5.41, 5.74) is -0.209. The average molecular weight is 264 g/mol. The molecule has 0 saturated carbocycles. The number of aliphatic hydroxyl groups is 1. The molecule has 1 atom stereocenters. The number of anilines is 1. The van der Waals surface area contributed by atoms with Crippen LogP contribution >= 0.6 is 23.2 Å². The van der Waals surface area contributed by atoms with Crippen molar-refractivity contribution in [1.82, 2.24) is 0 Å². The van der Waals surface area contributed by atoms with E-state index in [0.29, 0.717) is 5.69 Å². The van der Waals surface area contributed by atoms with Crippen LogP contribution < -0.4 is 5.32 Å². The number of hydrogen-bond acceptors (Lipinski definition) is 3. The van der Waals surface area contributed by atoms with Crippen LogP contribution in [0.2, 0.25) is 10.0 Å². The smallest absolute Gasteiger partial charge is 0.152 e. The Bertz CT molecular complexity index is 365. The van der Waals surface area contributed by atoms with Gasteiger partial charge in [-0.15, -0.1) is 0 Å². The lowest BCUT2D eigenvalue weighted by Crippen LogP contribution is -2.39. The molecule has 1 aromatic carbocycles. The first-order valence-electron chi connectivity index (χ1n) is 4.88. The second kappa shape index (κ2) is 4.70. The van der Waals surface area contributed by atoms with Crippen molar-refractivity contribution in [3.8, 4) is 5.75 Å². The number of rotatable bonds is 3. The summed E-state index contributed by atoms with van der Waals surface area (Å²) in [6.07, 6.45) is 0. The molecule has 3 nitrogen and oxygen atoms in total. The quantitative estimate of drug-likeness (QED) is 0.734. The lowest BCUT2D eigenvalue weighted by molar-refractivity contribution is 0.0649. The highest BCUT2D eigenvalue weighted by Crippen LogP contribution is 2.35. The standard InChI is InChI=1S/C11H15Cl2NO2/c1-6(11(2,3)16)14-7-4-8(12)10(15)9(13)5-7/h4-6,14-16H,1-3H3. The molecule has 5 heteroatoms. The molecular weight excluding hydrogens is 249 g/mol. The normalized spacial score (nSPS) is 13.6. The van der Waals surface area contributed by atoms with E-state index in [-0.39, 0.29) is 21.8 Å². The van der Waals surface area contributed by atoms with E-state index in [0.717, 1.165) is 0 Å². The monoisotopic (exact) mass is 263 g/mol. The molecule has 0 aliphatic rings. The van der Waals surface area contributed by atoms with Crippen molar-refractivity contribution in [2.75, 3.05) is 5.32 Å². The van der Waals surface area contributed by atoms with Gasteiger partial charge >= 0.3 is 0 Å². The van der Waals surface area contributed by atoms with Crippen molar-refractivity contribution >= 4 is 28.9 Å². The number of phenolic OH excluding ortho intramolecular Hbond substituents is 1. The van der Waals surface area contributed by atoms with E-state index in [1.807, 2.05) is 6.92 Å². The molecule has 0 fully saturated rings. The zero-order valence-corrected chi connectivity index (χ0v) is 10.9. The van der Waals surface area contributed by atoms with Crippen molar-refractivity contribution in [3.63, 3.8) is 0 Å². The molecule has 0 spiro atoms. The fraction of sp³-hybridized carbons (Fsp3) is 0.455. The van der Waals surface area contributed by atoms with Gasteiger partial charge in [0.25, 0.3) is 0 Å². The summed E-state index contributed by atoms with van der Waals surface area (Å²) >= 11 is 11.6. The van der Waals surface area contributed by atoms with Crippen LogP contribution in [-0.2, 0) is 0 Å². The summed E-state index contributed by atoms with van der Waals surface area (Å²) in [6, 6.07) is 2.94. The minimum absolute atomic E-state index is 0.134. The predicted molar refractivity (Wildman–Crippen MR) is 67.5 cm³/mol. The molecule has 1 rings (SSSR count). The zero-order valence-electron chi connectivity index (χ0n) is 9.38. The largest absolute Gasteiger partial charge is 0.505 e. The first-order chi connectivity index (χ1) is 7.21. The van der Waals surface area contributed by atoms with Gasteiger partial charge in [-0.2, -0.15) is 0 Å². The van der Waals surface area contributed by atoms with Crippen LogP contribution in [-0.4, -0.2) is 21.9 Å². The van der Waals surface area contributed by atoms with Crippen LogP contribution in [0.15, 0.2) is 12.1 Å². The van der Waals surface area contributed by atoms with Crippen molar-refractivity contribution in [2.45, 2.75) is 32.4 Å². The third-order valence-corrected chi connectivity index (χ3v) is 3.04. The van der Waals surface area contributed by atoms with Crippen molar-refractivity contribution in [3.05, 3.63) is 22.2 Å². The maximum atomic E-state index is 9.76. The molecule has 0 radical (unpaired) electrons. The maximum absolute atomic E-state index is 9.76. The fourth-order valence-corrected chi connectivity index (χ4v) is 1.56. The molecule has 0 aliphatic carbocycles. The highest BCUT2D eigenvalue weighted by atomic mass is 35.5. The number of phenols is 1. The number of hydrogen-bond donors (Lipinski definition) is 3. The van der Waals surface area contributed by atoms with Gasteiger partial charge in [-0.3, -0.25) is 0 Å². The van der Waals surface area contributed by atoms with Gasteiger partial charge in [0.05, 0.1) is 21.7 Å². The van der Waals surface area contributed by atoms with Crippen LogP contribution in [0, 0.1) is 0 Å². The molecule has 0 saturated heterocycles. The zero-order chi connectivity index (χ0) is 12.5. The molecule has 0 heterocycles. The van der Waals surface area contributed by atoms with Crippen LogP contribution in [0.4, 0.5) is 5.69 Å². The Balaban J connectivity index is 2.91. The van der Waals surface area contributed by atoms with E-state index in [1.54, 1.807) is 26.0 Å². The van der Waals surface area contributed by atoms with E-state index in [9.17, 15) is 10.2 Å². The Morgan fingerprint density at radius 2 is 1.69 bits per heavy atom. The molecule has 1 unspecified atom stereocenters. The molecule has 0 aromatic heterocycles. The van der Waals surface area contributed by atoms with Gasteiger partial charge in [-0.25, -0.2) is 0 Å². The summed E-state index contributed by atoms with van der Waals surface area (Å²) in [6.45, 7) is 5.25. The van der Waals surface area contributed by atoms with Gasteiger partial charge in [-0.1, -0.05) is 23.2 Å². The van der Waals surface area contributed by atoms with Crippen molar-refractivity contribution in [1.29, 1.82) is 0 Å². The van der Waals surface area contributed by atoms with Crippen LogP contribution in [0.5, 0.6) is 5.75 Å². The van der Waals surface area contributed by atoms with Crippen LogP contribution in [0.25, 0.3) is 0 Å². The van der Waals surface area contributed by atoms with Gasteiger partial charge < -0.3 is 15.5 Å². The Labute approximate surface area is 105 Å². The van der Waals surface area contributed by atoms with Crippen LogP contribution in [0.1, 0.15) is 20.8 Å². The average Bonchev–Trinajstić information content (AvgIpc) is 2.12. The van der Waals surface area contributed by atoms with Crippen molar-refractivity contribution < 1.29 is 10.2 Å². The molecule has 3 N–H and O–H groups in total. The topological polar surface area (TPSA) is 52.5 Å². The number of aromatic hydroxyl groups is 1. The lowest BCUT2D eigenvalue weighted by atomic mass is 10.0. The highest BCUT2D eigenvalue weighted by molar-refractivity contribution is 6.37. The van der Waals surface area contributed by atoms with E-state index in [1.165, 1.54) is 0 Å². The molecule has 90 valence electrons. The third kappa shape index (κ3) is 3.17. The van der Waals surface area contributed by atoms with E-state index >= 15 is 0 Å². The first-order valence-corrected chi connectivity index (χ1v) is 5.64. The first kappa shape index (κ1) is 13.4. The highest BCUT2D eigenvalue weighted by Gasteiger charge is 2.22. The Morgan fingerprint density at radius 1 is 1.25 bits per heavy atom. The lowest BCUT2D eigenvalue weighted by Gasteiger charge is -2.27. The molecule has 0 amide bonds. The van der Waals surface area contributed by atoms with Gasteiger partial charge in [-0.05, 0) is 32.9 Å². The minimum Gasteiger partial charge on any atom is -0.505 e. The summed E-state index contributed by atoms with van der Waals surface area (Å²) < 4.78 is 0. The maximum Gasteiger partial charge on any atom is 0.152 e. The van der Waals surface area contributed by atoms with Gasteiger partial charge in [0.2, 0.25) is 0 Å². The van der Waals surface area contributed by atoms with Crippen LogP contribution in [0.3, 0.4) is 0 Å². The Hall–Kier alpha value is -0.640. The number of nitrogens with one attached hydrogen (secondary N) is 1. The van der Waals surface area contributed by atoms with Crippen molar-refractivity contribution in [2.24, 2.45) is 0 Å². The molecule has 0 bridgehead atoms. The molecule has 1 aromatic rings. The number of benzene rings is 1. The second-order valence-electron chi connectivity index (χ2n) is 4.31. The predicted octanol–water partition coefficient (Wildman–Crippen LogP) is 3.27. The number of halogens is 2. The van der Waals surface area contributed by atoms with Gasteiger partial charge in [0, 0.05) is 5.69 Å². The van der Waals surface area contributed by atoms with Gasteiger partial charge in [0.1, 0.15) is 0 Å². The molecular formula is C11H15Cl2NO2. The second-order valence-corrected chi connectivity index (χ2v) is 5.12. The summed E-state index contributed by atoms with van der Waals surface area (Å²) in [4.78, 5) is 0. The molecule has 16 heavy (non-hydrogen) atoms. The van der Waals surface area contributed by atoms with E-state index < -0.39 is 5.60 Å². The minimum atomic E-state index is -0.864. The molecule has 0 aliphatic heterocycles. The van der Waals surface area contributed by atoms with Gasteiger partial charge in [0.15, 0.2) is 5.75 Å². The SMILES string of the molecule is CC(Nc1cc(Cl)c(O)c(Cl)c1)C(C)(C)O. The van der Waals surface area contributed by atoms with E-state index in [4.69, 9.17) is 23.2 Å². The third-order valence-electron chi connectivity index (χ3n) is 2.46. The fourth-order valence-electron chi connectivity index (χ4n) is 1.08. The summed E-state index contributed by atoms with van der Waals surface area (Å²) in [5, 5.41) is 22.6. The Kier molecular flexibility index (Phi) is 3.94.